The number of piperazine rings is 1. The fraction of sp³-hybridized carbons (Fsp3) is 0.306. The number of nitrogens with zero attached hydrogens (tertiary/aromatic N) is 2. The van der Waals surface area contributed by atoms with Gasteiger partial charge < -0.3 is 14.2 Å². The van der Waals surface area contributed by atoms with Crippen LogP contribution in [0.5, 0.6) is 5.75 Å². The van der Waals surface area contributed by atoms with E-state index in [4.69, 9.17) is 14.2 Å². The molecular formula is C36H38Cl2F2N2O4. The van der Waals surface area contributed by atoms with Gasteiger partial charge in [-0.2, -0.15) is 0 Å². The maximum absolute atomic E-state index is 14.0. The molecule has 46 heavy (non-hydrogen) atoms. The largest absolute Gasteiger partial charge is 0.497 e. The van der Waals surface area contributed by atoms with E-state index in [9.17, 15) is 13.6 Å². The molecule has 1 heterocycles. The Kier molecular flexibility index (Phi) is 11.8. The number of esters is 1. The second-order valence-electron chi connectivity index (χ2n) is 11.4. The second kappa shape index (κ2) is 15.4. The summed E-state index contributed by atoms with van der Waals surface area (Å²) in [7, 11) is 3.23. The molecular weight excluding hydrogens is 633 g/mol. The molecule has 2 aliphatic rings. The van der Waals surface area contributed by atoms with Crippen LogP contribution in [0.1, 0.15) is 40.9 Å². The summed E-state index contributed by atoms with van der Waals surface area (Å²) >= 11 is 0. The predicted octanol–water partition coefficient (Wildman–Crippen LogP) is 7.12. The van der Waals surface area contributed by atoms with E-state index in [-0.39, 0.29) is 54.6 Å². The van der Waals surface area contributed by atoms with E-state index in [1.807, 2.05) is 54.6 Å². The van der Waals surface area contributed by atoms with Crippen molar-refractivity contribution in [2.45, 2.75) is 30.2 Å². The molecule has 1 saturated heterocycles. The van der Waals surface area contributed by atoms with Crippen molar-refractivity contribution in [2.24, 2.45) is 0 Å². The summed E-state index contributed by atoms with van der Waals surface area (Å²) in [6, 6.07) is 30.1. The summed E-state index contributed by atoms with van der Waals surface area (Å²) in [6.45, 7) is 2.55. The van der Waals surface area contributed by atoms with Gasteiger partial charge in [0.2, 0.25) is 0 Å². The van der Waals surface area contributed by atoms with Crippen LogP contribution in [0.3, 0.4) is 0 Å². The van der Waals surface area contributed by atoms with Gasteiger partial charge in [-0.3, -0.25) is 14.6 Å². The monoisotopic (exact) mass is 670 g/mol. The zero-order valence-corrected chi connectivity index (χ0v) is 27.3. The van der Waals surface area contributed by atoms with Gasteiger partial charge in [-0.05, 0) is 59.5 Å². The Hall–Kier alpha value is -3.53. The molecule has 3 atom stereocenters. The number of carbonyl (C=O) groups excluding carboxylic acids is 1. The Bertz CT molecular complexity index is 1510. The van der Waals surface area contributed by atoms with Crippen molar-refractivity contribution in [1.29, 1.82) is 0 Å². The maximum atomic E-state index is 14.0. The minimum absolute atomic E-state index is 0. The van der Waals surface area contributed by atoms with Crippen LogP contribution in [-0.4, -0.2) is 62.3 Å². The van der Waals surface area contributed by atoms with Crippen molar-refractivity contribution < 1.29 is 27.8 Å². The summed E-state index contributed by atoms with van der Waals surface area (Å²) in [5, 5.41) is 0. The summed E-state index contributed by atoms with van der Waals surface area (Å²) in [5.74, 6) is -0.210. The number of hydrogen-bond donors (Lipinski definition) is 0. The second-order valence-corrected chi connectivity index (χ2v) is 11.4. The number of rotatable bonds is 10. The van der Waals surface area contributed by atoms with Crippen LogP contribution in [-0.2, 0) is 19.7 Å². The Morgan fingerprint density at radius 3 is 1.72 bits per heavy atom. The van der Waals surface area contributed by atoms with Gasteiger partial charge >= 0.3 is 5.97 Å². The number of hydrogen-bond acceptors (Lipinski definition) is 6. The number of carbonyl (C=O) groups is 1. The Morgan fingerprint density at radius 1 is 0.717 bits per heavy atom. The third-order valence-corrected chi connectivity index (χ3v) is 8.87. The normalized spacial score (nSPS) is 20.2. The fourth-order valence-electron chi connectivity index (χ4n) is 6.35. The van der Waals surface area contributed by atoms with Gasteiger partial charge in [0.05, 0.1) is 19.3 Å². The summed E-state index contributed by atoms with van der Waals surface area (Å²) in [6.07, 6.45) is -0.320. The zero-order valence-electron chi connectivity index (χ0n) is 25.7. The average Bonchev–Trinajstić information content (AvgIpc) is 3.82. The Balaban J connectivity index is 0.00000240. The minimum atomic E-state index is -0.883. The minimum Gasteiger partial charge on any atom is -0.497 e. The van der Waals surface area contributed by atoms with Crippen molar-refractivity contribution in [1.82, 2.24) is 9.80 Å². The van der Waals surface area contributed by atoms with Crippen molar-refractivity contribution in [2.75, 3.05) is 40.4 Å². The molecule has 4 aromatic rings. The molecule has 0 amide bonds. The highest BCUT2D eigenvalue weighted by Crippen LogP contribution is 2.52. The van der Waals surface area contributed by atoms with Gasteiger partial charge in [0, 0.05) is 38.9 Å². The molecule has 244 valence electrons. The van der Waals surface area contributed by atoms with Crippen LogP contribution in [0.2, 0.25) is 0 Å². The van der Waals surface area contributed by atoms with Crippen molar-refractivity contribution in [3.8, 4) is 5.75 Å². The van der Waals surface area contributed by atoms with Gasteiger partial charge in [-0.1, -0.05) is 66.7 Å². The maximum Gasteiger partial charge on any atom is 0.321 e. The predicted molar refractivity (Wildman–Crippen MR) is 178 cm³/mol. The first-order chi connectivity index (χ1) is 21.4. The number of ether oxygens (including phenoxy) is 3. The first kappa shape index (κ1) is 35.3. The quantitative estimate of drug-likeness (QED) is 0.168. The molecule has 1 aliphatic carbocycles. The van der Waals surface area contributed by atoms with E-state index < -0.39 is 11.6 Å². The molecule has 2 fully saturated rings. The van der Waals surface area contributed by atoms with Crippen LogP contribution in [0.15, 0.2) is 103 Å². The van der Waals surface area contributed by atoms with E-state index in [2.05, 4.69) is 9.80 Å². The van der Waals surface area contributed by atoms with Crippen molar-refractivity contribution >= 4 is 30.8 Å². The van der Waals surface area contributed by atoms with Crippen LogP contribution in [0.4, 0.5) is 8.78 Å². The van der Waals surface area contributed by atoms with E-state index in [1.54, 1.807) is 38.5 Å². The van der Waals surface area contributed by atoms with Crippen molar-refractivity contribution in [3.05, 3.63) is 137 Å². The highest BCUT2D eigenvalue weighted by atomic mass is 35.5. The lowest BCUT2D eigenvalue weighted by molar-refractivity contribution is -0.167. The molecule has 1 aliphatic heterocycles. The zero-order chi connectivity index (χ0) is 30.7. The van der Waals surface area contributed by atoms with E-state index in [1.165, 1.54) is 24.3 Å². The van der Waals surface area contributed by atoms with E-state index in [0.717, 1.165) is 22.3 Å². The molecule has 0 radical (unpaired) electrons. The van der Waals surface area contributed by atoms with Gasteiger partial charge in [0.15, 0.2) is 6.23 Å². The van der Waals surface area contributed by atoms with Gasteiger partial charge in [-0.15, -0.1) is 24.8 Å². The third-order valence-electron chi connectivity index (χ3n) is 8.87. The summed E-state index contributed by atoms with van der Waals surface area (Å²) in [5.41, 5.74) is 2.71. The molecule has 6 nitrogen and oxygen atoms in total. The first-order valence-electron chi connectivity index (χ1n) is 14.9. The van der Waals surface area contributed by atoms with Crippen LogP contribution in [0, 0.1) is 11.6 Å². The summed E-state index contributed by atoms with van der Waals surface area (Å²) in [4.78, 5) is 18.5. The lowest BCUT2D eigenvalue weighted by Crippen LogP contribution is -2.50. The standard InChI is InChI=1S/C36H36F2N2O4.2ClH/c1-42-31-18-12-28(13-19-31)36(24-32(36)43-2)35(41)44-34(27-6-4-3-5-7-27)40-22-20-39(21-23-40)33(25-8-14-29(37)15-9-25)26-10-16-30(38)17-11-26;;/h3-19,32-34H,20-24H2,1-2H3;2*1H/t32-,34?,36-;;/m1../s1. The lowest BCUT2D eigenvalue weighted by Gasteiger charge is -2.42. The molecule has 1 unspecified atom stereocenters. The molecule has 0 spiro atoms. The SMILES string of the molecule is COc1ccc([C@]2(C(=O)OC(c3ccccc3)N3CCN(C(c4ccc(F)cc4)c4ccc(F)cc4)CC3)C[C@H]2OC)cc1.Cl.Cl. The van der Waals surface area contributed by atoms with E-state index in [0.29, 0.717) is 38.3 Å². The topological polar surface area (TPSA) is 51.2 Å². The van der Waals surface area contributed by atoms with Gasteiger partial charge in [0.1, 0.15) is 22.8 Å². The molecule has 6 rings (SSSR count). The highest BCUT2D eigenvalue weighted by molar-refractivity contribution is 5.88. The molecule has 1 saturated carbocycles. The molecule has 0 bridgehead atoms. The Labute approximate surface area is 281 Å². The van der Waals surface area contributed by atoms with Crippen molar-refractivity contribution in [3.63, 3.8) is 0 Å². The highest BCUT2D eigenvalue weighted by Gasteiger charge is 2.64. The van der Waals surface area contributed by atoms with E-state index >= 15 is 0 Å². The first-order valence-corrected chi connectivity index (χ1v) is 14.9. The fourth-order valence-corrected chi connectivity index (χ4v) is 6.35. The number of methoxy groups -OCH3 is 2. The molecule has 0 aromatic heterocycles. The summed E-state index contributed by atoms with van der Waals surface area (Å²) < 4.78 is 45.0. The molecule has 10 heteroatoms. The van der Waals surface area contributed by atoms with Crippen LogP contribution >= 0.6 is 24.8 Å². The van der Waals surface area contributed by atoms with Gasteiger partial charge in [-0.25, -0.2) is 8.78 Å². The van der Waals surface area contributed by atoms with Crippen LogP contribution in [0.25, 0.3) is 0 Å². The molecule has 0 N–H and O–H groups in total. The Morgan fingerprint density at radius 2 is 1.24 bits per heavy atom. The van der Waals surface area contributed by atoms with Gasteiger partial charge in [0.25, 0.3) is 0 Å². The van der Waals surface area contributed by atoms with Crippen LogP contribution < -0.4 is 4.74 Å². The molecule has 4 aromatic carbocycles. The number of halogens is 4. The number of benzene rings is 4. The third kappa shape index (κ3) is 7.22. The average molecular weight is 672 g/mol. The lowest BCUT2D eigenvalue weighted by atomic mass is 9.95. The smallest absolute Gasteiger partial charge is 0.321 e.